The minimum Gasteiger partial charge on any atom is -0.347 e. The summed E-state index contributed by atoms with van der Waals surface area (Å²) in [5.74, 6) is 0. The van der Waals surface area contributed by atoms with Crippen molar-refractivity contribution in [1.82, 2.24) is 4.57 Å². The Morgan fingerprint density at radius 2 is 2.22 bits per heavy atom. The molecule has 0 bridgehead atoms. The molecule has 0 saturated heterocycles. The summed E-state index contributed by atoms with van der Waals surface area (Å²) >= 11 is 6.02. The monoisotopic (exact) mass is 260 g/mol. The highest BCUT2D eigenvalue weighted by Gasteiger charge is 2.19. The maximum absolute atomic E-state index is 6.14. The third-order valence-corrected chi connectivity index (χ3v) is 3.92. The van der Waals surface area contributed by atoms with E-state index in [0.717, 1.165) is 24.4 Å². The van der Waals surface area contributed by atoms with Crippen molar-refractivity contribution >= 4 is 11.6 Å². The summed E-state index contributed by atoms with van der Waals surface area (Å²) < 4.78 is 2.31. The Hall–Kier alpha value is -1.25. The number of nitrogens with zero attached hydrogens (tertiary/aromatic N) is 1. The molecule has 2 aromatic rings. The predicted octanol–water partition coefficient (Wildman–Crippen LogP) is 3.53. The lowest BCUT2D eigenvalue weighted by Crippen LogP contribution is -2.18. The van der Waals surface area contributed by atoms with Gasteiger partial charge < -0.3 is 10.3 Å². The number of aromatic nitrogens is 1. The van der Waals surface area contributed by atoms with Gasteiger partial charge in [-0.15, -0.1) is 0 Å². The van der Waals surface area contributed by atoms with Gasteiger partial charge in [-0.1, -0.05) is 23.7 Å². The van der Waals surface area contributed by atoms with Crippen molar-refractivity contribution in [2.45, 2.75) is 31.8 Å². The van der Waals surface area contributed by atoms with Gasteiger partial charge in [0, 0.05) is 29.5 Å². The number of benzene rings is 1. The van der Waals surface area contributed by atoms with Gasteiger partial charge in [-0.2, -0.15) is 0 Å². The molecule has 18 heavy (non-hydrogen) atoms. The molecule has 1 aromatic carbocycles. The molecule has 0 spiro atoms. The molecule has 3 heteroatoms. The Morgan fingerprint density at radius 3 is 3.06 bits per heavy atom. The Kier molecular flexibility index (Phi) is 3.14. The summed E-state index contributed by atoms with van der Waals surface area (Å²) in [5.41, 5.74) is 10.1. The first-order valence-corrected chi connectivity index (χ1v) is 6.80. The smallest absolute Gasteiger partial charge is 0.0473 e. The van der Waals surface area contributed by atoms with Gasteiger partial charge in [-0.3, -0.25) is 0 Å². The largest absolute Gasteiger partial charge is 0.347 e. The van der Waals surface area contributed by atoms with Crippen LogP contribution in [0.15, 0.2) is 36.5 Å². The van der Waals surface area contributed by atoms with Crippen molar-refractivity contribution < 1.29 is 0 Å². The summed E-state index contributed by atoms with van der Waals surface area (Å²) in [7, 11) is 0. The average molecular weight is 261 g/mol. The minimum atomic E-state index is 0.217. The molecule has 2 N–H and O–H groups in total. The lowest BCUT2D eigenvalue weighted by molar-refractivity contribution is 0.548. The van der Waals surface area contributed by atoms with E-state index < -0.39 is 0 Å². The van der Waals surface area contributed by atoms with Gasteiger partial charge in [-0.25, -0.2) is 0 Å². The van der Waals surface area contributed by atoms with Crippen LogP contribution < -0.4 is 5.73 Å². The van der Waals surface area contributed by atoms with E-state index in [0.29, 0.717) is 0 Å². The second-order valence-corrected chi connectivity index (χ2v) is 5.41. The molecule has 3 rings (SSSR count). The summed E-state index contributed by atoms with van der Waals surface area (Å²) in [6, 6.07) is 10.4. The first-order chi connectivity index (χ1) is 8.74. The zero-order chi connectivity index (χ0) is 12.5. The fourth-order valence-corrected chi connectivity index (χ4v) is 2.99. The predicted molar refractivity (Wildman–Crippen MR) is 74.9 cm³/mol. The molecular weight excluding hydrogens is 244 g/mol. The van der Waals surface area contributed by atoms with E-state index in [1.54, 1.807) is 0 Å². The van der Waals surface area contributed by atoms with E-state index in [1.165, 1.54) is 23.2 Å². The Bertz CT molecular complexity index is 559. The first kappa shape index (κ1) is 11.8. The van der Waals surface area contributed by atoms with Gasteiger partial charge in [0.05, 0.1) is 0 Å². The summed E-state index contributed by atoms with van der Waals surface area (Å²) in [6.45, 7) is 0.878. The van der Waals surface area contributed by atoms with Crippen molar-refractivity contribution in [2.24, 2.45) is 5.73 Å². The highest BCUT2D eigenvalue weighted by Crippen LogP contribution is 2.29. The van der Waals surface area contributed by atoms with Crippen molar-refractivity contribution in [3.63, 3.8) is 0 Å². The third-order valence-electron chi connectivity index (χ3n) is 3.68. The van der Waals surface area contributed by atoms with Crippen LogP contribution >= 0.6 is 11.6 Å². The van der Waals surface area contributed by atoms with Crippen LogP contribution in [0.3, 0.4) is 0 Å². The molecule has 0 aliphatic heterocycles. The molecule has 1 aliphatic rings. The van der Waals surface area contributed by atoms with Gasteiger partial charge in [0.15, 0.2) is 0 Å². The van der Waals surface area contributed by atoms with Gasteiger partial charge >= 0.3 is 0 Å². The molecule has 1 aromatic heterocycles. The number of hydrogen-bond donors (Lipinski definition) is 1. The van der Waals surface area contributed by atoms with E-state index in [1.807, 2.05) is 18.2 Å². The van der Waals surface area contributed by atoms with Gasteiger partial charge in [0.2, 0.25) is 0 Å². The number of nitrogens with two attached hydrogens (primary N) is 1. The van der Waals surface area contributed by atoms with Crippen LogP contribution in [-0.2, 0) is 13.0 Å². The maximum atomic E-state index is 6.14. The molecule has 1 heterocycles. The van der Waals surface area contributed by atoms with E-state index >= 15 is 0 Å². The van der Waals surface area contributed by atoms with Crippen molar-refractivity contribution in [3.8, 4) is 0 Å². The van der Waals surface area contributed by atoms with E-state index in [4.69, 9.17) is 17.3 Å². The van der Waals surface area contributed by atoms with E-state index in [9.17, 15) is 0 Å². The van der Waals surface area contributed by atoms with E-state index in [2.05, 4.69) is 22.9 Å². The molecular formula is C15H17ClN2. The zero-order valence-electron chi connectivity index (χ0n) is 10.3. The van der Waals surface area contributed by atoms with Gasteiger partial charge in [0.1, 0.15) is 0 Å². The normalized spacial score (nSPS) is 18.7. The SMILES string of the molecule is NC1CCCc2c1ccn2Cc1cccc(Cl)c1. The van der Waals surface area contributed by atoms with Crippen LogP contribution in [0, 0.1) is 0 Å². The second kappa shape index (κ2) is 4.79. The van der Waals surface area contributed by atoms with Crippen molar-refractivity contribution in [3.05, 3.63) is 58.4 Å². The number of halogens is 1. The summed E-state index contributed by atoms with van der Waals surface area (Å²) in [6.07, 6.45) is 5.58. The lowest BCUT2D eigenvalue weighted by Gasteiger charge is -2.21. The number of rotatable bonds is 2. The quantitative estimate of drug-likeness (QED) is 0.880. The van der Waals surface area contributed by atoms with Crippen LogP contribution in [0.25, 0.3) is 0 Å². The van der Waals surface area contributed by atoms with Crippen LogP contribution in [0.5, 0.6) is 0 Å². The zero-order valence-corrected chi connectivity index (χ0v) is 11.0. The van der Waals surface area contributed by atoms with Gasteiger partial charge in [0.25, 0.3) is 0 Å². The van der Waals surface area contributed by atoms with Crippen LogP contribution in [0.2, 0.25) is 5.02 Å². The maximum Gasteiger partial charge on any atom is 0.0473 e. The summed E-state index contributed by atoms with van der Waals surface area (Å²) in [5, 5.41) is 0.797. The molecule has 0 fully saturated rings. The highest BCUT2D eigenvalue weighted by molar-refractivity contribution is 6.30. The Labute approximate surface area is 112 Å². The second-order valence-electron chi connectivity index (χ2n) is 4.97. The number of hydrogen-bond acceptors (Lipinski definition) is 1. The lowest BCUT2D eigenvalue weighted by atomic mass is 9.93. The molecule has 0 saturated carbocycles. The molecule has 2 nitrogen and oxygen atoms in total. The molecule has 1 unspecified atom stereocenters. The molecule has 94 valence electrons. The molecule has 1 aliphatic carbocycles. The highest BCUT2D eigenvalue weighted by atomic mass is 35.5. The van der Waals surface area contributed by atoms with Gasteiger partial charge in [-0.05, 0) is 48.6 Å². The van der Waals surface area contributed by atoms with E-state index in [-0.39, 0.29) is 6.04 Å². The minimum absolute atomic E-state index is 0.217. The number of fused-ring (bicyclic) bond motifs is 1. The topological polar surface area (TPSA) is 30.9 Å². The van der Waals surface area contributed by atoms with Crippen molar-refractivity contribution in [1.29, 1.82) is 0 Å². The molecule has 1 atom stereocenters. The van der Waals surface area contributed by atoms with Crippen LogP contribution in [0.4, 0.5) is 0 Å². The standard InChI is InChI=1S/C15H17ClN2/c16-12-4-1-3-11(9-12)10-18-8-7-13-14(17)5-2-6-15(13)18/h1,3-4,7-9,14H,2,5-6,10,17H2. The van der Waals surface area contributed by atoms with Crippen LogP contribution in [0.1, 0.15) is 35.7 Å². The average Bonchev–Trinajstić information content (AvgIpc) is 2.74. The molecule has 0 radical (unpaired) electrons. The molecule has 0 amide bonds. The van der Waals surface area contributed by atoms with Crippen LogP contribution in [-0.4, -0.2) is 4.57 Å². The third kappa shape index (κ3) is 2.18. The fraction of sp³-hybridized carbons (Fsp3) is 0.333. The Morgan fingerprint density at radius 1 is 1.33 bits per heavy atom. The first-order valence-electron chi connectivity index (χ1n) is 6.42. The van der Waals surface area contributed by atoms with Crippen molar-refractivity contribution in [2.75, 3.05) is 0 Å². The fourth-order valence-electron chi connectivity index (χ4n) is 2.77. The Balaban J connectivity index is 1.90. The summed E-state index contributed by atoms with van der Waals surface area (Å²) in [4.78, 5) is 0.